The highest BCUT2D eigenvalue weighted by molar-refractivity contribution is 7.99. The zero-order chi connectivity index (χ0) is 22.4. The summed E-state index contributed by atoms with van der Waals surface area (Å²) >= 11 is 1.39. The van der Waals surface area contributed by atoms with Gasteiger partial charge in [0.2, 0.25) is 11.9 Å². The van der Waals surface area contributed by atoms with Crippen molar-refractivity contribution in [3.63, 3.8) is 0 Å². The lowest BCUT2D eigenvalue weighted by Crippen LogP contribution is -2.42. The Labute approximate surface area is 189 Å². The van der Waals surface area contributed by atoms with Crippen molar-refractivity contribution in [2.75, 3.05) is 55.0 Å². The van der Waals surface area contributed by atoms with Crippen molar-refractivity contribution in [3.05, 3.63) is 0 Å². The molecule has 1 atom stereocenters. The van der Waals surface area contributed by atoms with E-state index in [9.17, 15) is 13.2 Å². The molecule has 0 aromatic carbocycles. The molecule has 1 amide bonds. The number of amides is 1. The van der Waals surface area contributed by atoms with Crippen molar-refractivity contribution in [2.45, 2.75) is 57.8 Å². The number of nitrogens with zero attached hydrogens (tertiary/aromatic N) is 5. The summed E-state index contributed by atoms with van der Waals surface area (Å²) in [6.07, 6.45) is 2.37. The molecule has 0 N–H and O–H groups in total. The minimum absolute atomic E-state index is 0.0208. The molecule has 1 unspecified atom stereocenters. The molecule has 3 rings (SSSR count). The Kier molecular flexibility index (Phi) is 8.63. The number of aromatic nitrogens is 3. The van der Waals surface area contributed by atoms with Crippen LogP contribution in [0.2, 0.25) is 0 Å². The molecule has 9 nitrogen and oxygen atoms in total. The summed E-state index contributed by atoms with van der Waals surface area (Å²) < 4.78 is 31.4. The first-order valence-corrected chi connectivity index (χ1v) is 14.0. The van der Waals surface area contributed by atoms with Gasteiger partial charge in [0.15, 0.2) is 15.0 Å². The molecule has 2 aliphatic rings. The van der Waals surface area contributed by atoms with Crippen LogP contribution in [0.25, 0.3) is 0 Å². The number of hydrogen-bond acceptors (Lipinski definition) is 8. The van der Waals surface area contributed by atoms with Gasteiger partial charge in [-0.25, -0.2) is 8.42 Å². The van der Waals surface area contributed by atoms with Crippen molar-refractivity contribution in [3.8, 4) is 0 Å². The van der Waals surface area contributed by atoms with Crippen LogP contribution in [0.1, 0.15) is 40.0 Å². The number of anilines is 1. The summed E-state index contributed by atoms with van der Waals surface area (Å²) in [5.41, 5.74) is 0. The normalized spacial score (nSPS) is 21.0. The highest BCUT2D eigenvalue weighted by Crippen LogP contribution is 2.26. The van der Waals surface area contributed by atoms with Gasteiger partial charge in [0, 0.05) is 32.2 Å². The highest BCUT2D eigenvalue weighted by atomic mass is 32.2. The summed E-state index contributed by atoms with van der Waals surface area (Å²) in [4.78, 5) is 17.1. The van der Waals surface area contributed by atoms with Crippen molar-refractivity contribution in [2.24, 2.45) is 5.92 Å². The fourth-order valence-electron chi connectivity index (χ4n) is 3.98. The molecule has 3 heterocycles. The van der Waals surface area contributed by atoms with Gasteiger partial charge in [0.1, 0.15) is 0 Å². The summed E-state index contributed by atoms with van der Waals surface area (Å²) in [7, 11) is -3.04. The molecular weight excluding hydrogens is 438 g/mol. The predicted molar refractivity (Wildman–Crippen MR) is 122 cm³/mol. The van der Waals surface area contributed by atoms with Crippen LogP contribution in [0.5, 0.6) is 0 Å². The van der Waals surface area contributed by atoms with Gasteiger partial charge in [-0.15, -0.1) is 10.2 Å². The zero-order valence-electron chi connectivity index (χ0n) is 18.8. The third-order valence-corrected chi connectivity index (χ3v) is 8.29. The molecule has 0 saturated carbocycles. The molecule has 11 heteroatoms. The molecule has 2 saturated heterocycles. The largest absolute Gasteiger partial charge is 0.378 e. The van der Waals surface area contributed by atoms with Crippen LogP contribution in [0.3, 0.4) is 0 Å². The van der Waals surface area contributed by atoms with Crippen molar-refractivity contribution >= 4 is 33.5 Å². The molecule has 1 aromatic heterocycles. The van der Waals surface area contributed by atoms with E-state index in [4.69, 9.17) is 4.74 Å². The number of unbranched alkanes of at least 4 members (excludes halogenated alkanes) is 1. The third-order valence-electron chi connectivity index (χ3n) is 5.59. The van der Waals surface area contributed by atoms with Crippen molar-refractivity contribution < 1.29 is 17.9 Å². The van der Waals surface area contributed by atoms with Gasteiger partial charge in [0.05, 0.1) is 30.5 Å². The summed E-state index contributed by atoms with van der Waals surface area (Å²) in [6.45, 7) is 10.7. The molecule has 176 valence electrons. The van der Waals surface area contributed by atoms with Crippen LogP contribution >= 0.6 is 11.8 Å². The second kappa shape index (κ2) is 11.0. The maximum Gasteiger partial charge on any atom is 0.233 e. The molecule has 0 spiro atoms. The molecule has 31 heavy (non-hydrogen) atoms. The van der Waals surface area contributed by atoms with Gasteiger partial charge in [-0.3, -0.25) is 9.36 Å². The second-order valence-electron chi connectivity index (χ2n) is 8.67. The van der Waals surface area contributed by atoms with E-state index in [1.807, 2.05) is 0 Å². The van der Waals surface area contributed by atoms with Crippen LogP contribution in [0.15, 0.2) is 5.16 Å². The van der Waals surface area contributed by atoms with Gasteiger partial charge >= 0.3 is 0 Å². The Morgan fingerprint density at radius 3 is 2.65 bits per heavy atom. The number of rotatable bonds is 10. The number of morpholine rings is 1. The smallest absolute Gasteiger partial charge is 0.233 e. The highest BCUT2D eigenvalue weighted by Gasteiger charge is 2.34. The minimum atomic E-state index is -3.04. The zero-order valence-corrected chi connectivity index (χ0v) is 20.5. The van der Waals surface area contributed by atoms with Crippen LogP contribution in [0.4, 0.5) is 5.95 Å². The molecule has 2 fully saturated rings. The summed E-state index contributed by atoms with van der Waals surface area (Å²) in [5.74, 6) is 1.71. The van der Waals surface area contributed by atoms with Crippen LogP contribution in [-0.2, 0) is 25.9 Å². The molecule has 2 aliphatic heterocycles. The van der Waals surface area contributed by atoms with Gasteiger partial charge < -0.3 is 14.5 Å². The predicted octanol–water partition coefficient (Wildman–Crippen LogP) is 1.68. The Bertz CT molecular complexity index is 837. The first-order valence-electron chi connectivity index (χ1n) is 11.2. The average Bonchev–Trinajstić information content (AvgIpc) is 3.29. The lowest BCUT2D eigenvalue weighted by Gasteiger charge is -2.29. The fraction of sp³-hybridized carbons (Fsp3) is 0.850. The average molecular weight is 474 g/mol. The van der Waals surface area contributed by atoms with E-state index in [0.29, 0.717) is 32.1 Å². The van der Waals surface area contributed by atoms with Crippen LogP contribution in [0, 0.1) is 5.92 Å². The van der Waals surface area contributed by atoms with E-state index in [-0.39, 0.29) is 29.2 Å². The fourth-order valence-corrected chi connectivity index (χ4v) is 6.54. The van der Waals surface area contributed by atoms with E-state index in [2.05, 4.69) is 40.4 Å². The number of hydrogen-bond donors (Lipinski definition) is 0. The van der Waals surface area contributed by atoms with E-state index in [1.54, 1.807) is 4.90 Å². The van der Waals surface area contributed by atoms with Gasteiger partial charge in [-0.1, -0.05) is 39.0 Å². The molecular formula is C20H35N5O4S2. The third kappa shape index (κ3) is 6.58. The Morgan fingerprint density at radius 2 is 2.03 bits per heavy atom. The van der Waals surface area contributed by atoms with Crippen molar-refractivity contribution in [1.29, 1.82) is 0 Å². The van der Waals surface area contributed by atoms with Gasteiger partial charge in [-0.2, -0.15) is 0 Å². The van der Waals surface area contributed by atoms with Crippen LogP contribution in [-0.4, -0.2) is 90.1 Å². The van der Waals surface area contributed by atoms with Crippen LogP contribution < -0.4 is 4.90 Å². The Hall–Kier alpha value is -1.33. The lowest BCUT2D eigenvalue weighted by atomic mass is 10.2. The van der Waals surface area contributed by atoms with E-state index >= 15 is 0 Å². The number of carbonyl (C=O) groups is 1. The molecule has 0 bridgehead atoms. The number of carbonyl (C=O) groups excluding carboxylic acids is 1. The number of sulfone groups is 1. The standard InChI is InChI=1S/C20H35N5O4S2/c1-4-5-7-24(17-6-12-31(27,28)15-17)18(26)14-30-20-22-21-19(25(20)13-16(2)3)23-8-10-29-11-9-23/h16-17H,4-15H2,1-3H3. The minimum Gasteiger partial charge on any atom is -0.378 e. The Balaban J connectivity index is 1.70. The topological polar surface area (TPSA) is 97.6 Å². The maximum absolute atomic E-state index is 13.1. The van der Waals surface area contributed by atoms with E-state index < -0.39 is 9.84 Å². The number of ether oxygens (including phenoxy) is 1. The monoisotopic (exact) mass is 473 g/mol. The second-order valence-corrected chi connectivity index (χ2v) is 11.8. The van der Waals surface area contributed by atoms with Gasteiger partial charge in [0.25, 0.3) is 0 Å². The van der Waals surface area contributed by atoms with Gasteiger partial charge in [-0.05, 0) is 18.8 Å². The van der Waals surface area contributed by atoms with E-state index in [1.165, 1.54) is 11.8 Å². The quantitative estimate of drug-likeness (QED) is 0.474. The SMILES string of the molecule is CCCCN(C(=O)CSc1nnc(N2CCOCC2)n1CC(C)C)C1CCS(=O)(=O)C1. The van der Waals surface area contributed by atoms with Crippen molar-refractivity contribution in [1.82, 2.24) is 19.7 Å². The molecule has 0 aliphatic carbocycles. The summed E-state index contributed by atoms with van der Waals surface area (Å²) in [5, 5.41) is 9.54. The number of thioether (sulfide) groups is 1. The Morgan fingerprint density at radius 1 is 1.29 bits per heavy atom. The van der Waals surface area contributed by atoms with E-state index in [0.717, 1.165) is 43.6 Å². The lowest BCUT2D eigenvalue weighted by molar-refractivity contribution is -0.130. The maximum atomic E-state index is 13.1. The first-order chi connectivity index (χ1) is 14.8. The first kappa shape index (κ1) is 24.3. The molecule has 0 radical (unpaired) electrons. The summed E-state index contributed by atoms with van der Waals surface area (Å²) in [6, 6.07) is -0.206. The molecule has 1 aromatic rings.